The van der Waals surface area contributed by atoms with Gasteiger partial charge in [-0.15, -0.1) is 0 Å². The standard InChI is InChI=1S/C23H30N2O4/c1-29-21(27)18-5-2-3-6-19(18)25-20(26)7-4-8-24-22(28)23-12-15-9-16(13-23)11-17(10-15)14-23/h2-3,5-6,15-17H,4,7-14H2,1H3,(H,24,28)(H,25,26). The highest BCUT2D eigenvalue weighted by atomic mass is 16.5. The molecule has 0 heterocycles. The number of hydrogen-bond donors (Lipinski definition) is 2. The molecule has 0 aromatic heterocycles. The molecule has 1 aromatic rings. The number of esters is 1. The number of carbonyl (C=O) groups excluding carboxylic acids is 3. The monoisotopic (exact) mass is 398 g/mol. The third-order valence-electron chi connectivity index (χ3n) is 6.99. The zero-order chi connectivity index (χ0) is 20.4. The molecular formula is C23H30N2O4. The summed E-state index contributed by atoms with van der Waals surface area (Å²) < 4.78 is 4.75. The van der Waals surface area contributed by atoms with Crippen molar-refractivity contribution in [3.63, 3.8) is 0 Å². The summed E-state index contributed by atoms with van der Waals surface area (Å²) in [6, 6.07) is 6.78. The summed E-state index contributed by atoms with van der Waals surface area (Å²) in [6.07, 6.45) is 7.97. The Morgan fingerprint density at radius 1 is 1.03 bits per heavy atom. The minimum absolute atomic E-state index is 0.142. The molecular weight excluding hydrogens is 368 g/mol. The highest BCUT2D eigenvalue weighted by molar-refractivity contribution is 6.01. The molecule has 29 heavy (non-hydrogen) atoms. The van der Waals surface area contributed by atoms with Gasteiger partial charge in [0, 0.05) is 18.4 Å². The van der Waals surface area contributed by atoms with Crippen molar-refractivity contribution in [2.45, 2.75) is 51.4 Å². The van der Waals surface area contributed by atoms with E-state index >= 15 is 0 Å². The molecule has 2 N–H and O–H groups in total. The van der Waals surface area contributed by atoms with Crippen LogP contribution in [0.5, 0.6) is 0 Å². The molecule has 156 valence electrons. The lowest BCUT2D eigenvalue weighted by Gasteiger charge is -2.55. The second kappa shape index (κ2) is 8.17. The summed E-state index contributed by atoms with van der Waals surface area (Å²) >= 11 is 0. The molecule has 0 saturated heterocycles. The molecule has 4 saturated carbocycles. The summed E-state index contributed by atoms with van der Waals surface area (Å²) in [6.45, 7) is 0.507. The van der Waals surface area contributed by atoms with Gasteiger partial charge in [0.05, 0.1) is 18.4 Å². The van der Waals surface area contributed by atoms with Crippen LogP contribution in [0.4, 0.5) is 5.69 Å². The van der Waals surface area contributed by atoms with Crippen molar-refractivity contribution in [2.75, 3.05) is 19.0 Å². The lowest BCUT2D eigenvalue weighted by molar-refractivity contribution is -0.146. The number of para-hydroxylation sites is 1. The van der Waals surface area contributed by atoms with Crippen molar-refractivity contribution in [2.24, 2.45) is 23.2 Å². The van der Waals surface area contributed by atoms with Gasteiger partial charge in [-0.1, -0.05) is 12.1 Å². The van der Waals surface area contributed by atoms with Gasteiger partial charge < -0.3 is 15.4 Å². The first-order valence-electron chi connectivity index (χ1n) is 10.7. The average molecular weight is 399 g/mol. The molecule has 0 radical (unpaired) electrons. The fourth-order valence-corrected chi connectivity index (χ4v) is 6.12. The number of hydrogen-bond acceptors (Lipinski definition) is 4. The van der Waals surface area contributed by atoms with Gasteiger partial charge in [-0.2, -0.15) is 0 Å². The van der Waals surface area contributed by atoms with Gasteiger partial charge in [-0.25, -0.2) is 4.79 Å². The highest BCUT2D eigenvalue weighted by Gasteiger charge is 2.54. The molecule has 2 amide bonds. The van der Waals surface area contributed by atoms with E-state index in [0.717, 1.165) is 37.0 Å². The number of nitrogens with one attached hydrogen (secondary N) is 2. The molecule has 0 atom stereocenters. The zero-order valence-electron chi connectivity index (χ0n) is 17.0. The van der Waals surface area contributed by atoms with Gasteiger partial charge in [-0.3, -0.25) is 9.59 Å². The Labute approximate surface area is 171 Å². The van der Waals surface area contributed by atoms with Crippen LogP contribution in [0, 0.1) is 23.2 Å². The third kappa shape index (κ3) is 4.16. The van der Waals surface area contributed by atoms with Gasteiger partial charge in [0.1, 0.15) is 0 Å². The molecule has 4 fully saturated rings. The molecule has 4 aliphatic carbocycles. The predicted octanol–water partition coefficient (Wildman–Crippen LogP) is 3.52. The van der Waals surface area contributed by atoms with Gasteiger partial charge in [-0.05, 0) is 74.8 Å². The average Bonchev–Trinajstić information content (AvgIpc) is 2.70. The van der Waals surface area contributed by atoms with E-state index in [-0.39, 0.29) is 23.7 Å². The van der Waals surface area contributed by atoms with Crippen LogP contribution in [0.15, 0.2) is 24.3 Å². The van der Waals surface area contributed by atoms with E-state index in [1.54, 1.807) is 24.3 Å². The summed E-state index contributed by atoms with van der Waals surface area (Å²) in [5.41, 5.74) is 0.636. The van der Waals surface area contributed by atoms with Gasteiger partial charge in [0.2, 0.25) is 11.8 Å². The Balaban J connectivity index is 1.24. The van der Waals surface area contributed by atoms with Crippen molar-refractivity contribution in [3.05, 3.63) is 29.8 Å². The molecule has 5 rings (SSSR count). The number of rotatable bonds is 7. The van der Waals surface area contributed by atoms with Crippen molar-refractivity contribution in [3.8, 4) is 0 Å². The van der Waals surface area contributed by atoms with Crippen LogP contribution >= 0.6 is 0 Å². The fraction of sp³-hybridized carbons (Fsp3) is 0.609. The van der Waals surface area contributed by atoms with Crippen LogP contribution < -0.4 is 10.6 Å². The maximum Gasteiger partial charge on any atom is 0.339 e. The van der Waals surface area contributed by atoms with Crippen molar-refractivity contribution in [1.82, 2.24) is 5.32 Å². The number of benzene rings is 1. The Bertz CT molecular complexity index is 769. The van der Waals surface area contributed by atoms with Crippen molar-refractivity contribution in [1.29, 1.82) is 0 Å². The molecule has 4 aliphatic rings. The molecule has 0 aliphatic heterocycles. The molecule has 6 heteroatoms. The number of amides is 2. The summed E-state index contributed by atoms with van der Waals surface area (Å²) in [4.78, 5) is 37.0. The van der Waals surface area contributed by atoms with Gasteiger partial charge >= 0.3 is 5.97 Å². The SMILES string of the molecule is COC(=O)c1ccccc1NC(=O)CCCNC(=O)C12CC3CC(CC(C3)C1)C2. The second-order valence-electron chi connectivity index (χ2n) is 9.14. The predicted molar refractivity (Wildman–Crippen MR) is 109 cm³/mol. The topological polar surface area (TPSA) is 84.5 Å². The van der Waals surface area contributed by atoms with Crippen LogP contribution in [-0.2, 0) is 14.3 Å². The number of carbonyl (C=O) groups is 3. The first-order chi connectivity index (χ1) is 14.0. The third-order valence-corrected chi connectivity index (χ3v) is 6.99. The maximum atomic E-state index is 12.9. The van der Waals surface area contributed by atoms with E-state index in [1.165, 1.54) is 26.4 Å². The molecule has 1 aromatic carbocycles. The lowest BCUT2D eigenvalue weighted by Crippen LogP contribution is -2.53. The minimum atomic E-state index is -0.483. The minimum Gasteiger partial charge on any atom is -0.465 e. The van der Waals surface area contributed by atoms with Crippen molar-refractivity contribution < 1.29 is 19.1 Å². The Morgan fingerprint density at radius 2 is 1.66 bits per heavy atom. The lowest BCUT2D eigenvalue weighted by atomic mass is 9.49. The largest absolute Gasteiger partial charge is 0.465 e. The van der Waals surface area contributed by atoms with E-state index in [0.29, 0.717) is 24.2 Å². The zero-order valence-corrected chi connectivity index (χ0v) is 17.0. The van der Waals surface area contributed by atoms with Gasteiger partial charge in [0.25, 0.3) is 0 Å². The van der Waals surface area contributed by atoms with Crippen LogP contribution in [0.1, 0.15) is 61.7 Å². The molecule has 6 nitrogen and oxygen atoms in total. The summed E-state index contributed by atoms with van der Waals surface area (Å²) in [7, 11) is 1.31. The van der Waals surface area contributed by atoms with Crippen LogP contribution in [0.2, 0.25) is 0 Å². The quantitative estimate of drug-likeness (QED) is 0.544. The highest BCUT2D eigenvalue weighted by Crippen LogP contribution is 2.60. The van der Waals surface area contributed by atoms with E-state index in [4.69, 9.17) is 4.74 Å². The summed E-state index contributed by atoms with van der Waals surface area (Å²) in [5, 5.41) is 5.87. The normalized spacial score (nSPS) is 29.3. The number of ether oxygens (including phenoxy) is 1. The number of anilines is 1. The smallest absolute Gasteiger partial charge is 0.339 e. The Hall–Kier alpha value is -2.37. The molecule has 4 bridgehead atoms. The first-order valence-corrected chi connectivity index (χ1v) is 10.7. The van der Waals surface area contributed by atoms with E-state index in [9.17, 15) is 14.4 Å². The van der Waals surface area contributed by atoms with Crippen molar-refractivity contribution >= 4 is 23.5 Å². The first kappa shape index (κ1) is 19.9. The van der Waals surface area contributed by atoms with E-state index in [1.807, 2.05) is 0 Å². The maximum absolute atomic E-state index is 12.9. The second-order valence-corrected chi connectivity index (χ2v) is 9.14. The number of methoxy groups -OCH3 is 1. The summed E-state index contributed by atoms with van der Waals surface area (Å²) in [5.74, 6) is 1.77. The van der Waals surface area contributed by atoms with E-state index < -0.39 is 5.97 Å². The Kier molecular flexibility index (Phi) is 5.61. The fourth-order valence-electron chi connectivity index (χ4n) is 6.12. The van der Waals surface area contributed by atoms with Gasteiger partial charge in [0.15, 0.2) is 0 Å². The molecule has 0 spiro atoms. The van der Waals surface area contributed by atoms with Crippen LogP contribution in [0.25, 0.3) is 0 Å². The van der Waals surface area contributed by atoms with E-state index in [2.05, 4.69) is 10.6 Å². The van der Waals surface area contributed by atoms with Crippen LogP contribution in [-0.4, -0.2) is 31.4 Å². The van der Waals surface area contributed by atoms with Crippen LogP contribution in [0.3, 0.4) is 0 Å². The molecule has 0 unspecified atom stereocenters. The Morgan fingerprint density at radius 3 is 2.28 bits per heavy atom.